The van der Waals surface area contributed by atoms with Crippen molar-refractivity contribution < 1.29 is 14.6 Å². The molecule has 104 valence electrons. The van der Waals surface area contributed by atoms with Crippen LogP contribution in [0.15, 0.2) is 60.7 Å². The summed E-state index contributed by atoms with van der Waals surface area (Å²) in [6, 6.07) is 18.3. The van der Waals surface area contributed by atoms with E-state index in [9.17, 15) is 9.90 Å². The molecule has 0 unspecified atom stereocenters. The van der Waals surface area contributed by atoms with Gasteiger partial charge in [0.25, 0.3) is 0 Å². The van der Waals surface area contributed by atoms with Crippen molar-refractivity contribution in [1.82, 2.24) is 0 Å². The molecule has 0 fully saturated rings. The smallest absolute Gasteiger partial charge is 0.343 e. The highest BCUT2D eigenvalue weighted by Crippen LogP contribution is 2.37. The lowest BCUT2D eigenvalue weighted by atomic mass is 9.78. The molecule has 0 heterocycles. The minimum absolute atomic E-state index is 0.418. The van der Waals surface area contributed by atoms with Gasteiger partial charge in [0.2, 0.25) is 0 Å². The fraction of sp³-hybridized carbons (Fsp3) is 0.235. The zero-order valence-corrected chi connectivity index (χ0v) is 11.6. The largest absolute Gasteiger partial charge is 0.467 e. The van der Waals surface area contributed by atoms with Crippen LogP contribution in [0.1, 0.15) is 24.0 Å². The Morgan fingerprint density at radius 1 is 1.05 bits per heavy atom. The standard InChI is InChI=1S/C17H18O3/c1-13(14-9-5-3-6-10-14)17(19,16(18)20-2)15-11-7-4-8-12-15/h3-13,19H,1-2H3/t13-,17-/m0/s1. The first-order chi connectivity index (χ1) is 9.60. The van der Waals surface area contributed by atoms with Crippen LogP contribution < -0.4 is 0 Å². The Hall–Kier alpha value is -2.13. The molecule has 0 saturated heterocycles. The van der Waals surface area contributed by atoms with Crippen molar-refractivity contribution in [2.24, 2.45) is 0 Å². The Kier molecular flexibility index (Phi) is 4.20. The van der Waals surface area contributed by atoms with Gasteiger partial charge in [-0.1, -0.05) is 67.6 Å². The zero-order chi connectivity index (χ0) is 14.6. The van der Waals surface area contributed by atoms with E-state index >= 15 is 0 Å². The van der Waals surface area contributed by atoms with E-state index in [4.69, 9.17) is 4.74 Å². The predicted molar refractivity (Wildman–Crippen MR) is 77.2 cm³/mol. The second kappa shape index (κ2) is 5.88. The van der Waals surface area contributed by atoms with Gasteiger partial charge in [-0.3, -0.25) is 0 Å². The number of carbonyl (C=O) groups excluding carboxylic acids is 1. The quantitative estimate of drug-likeness (QED) is 0.869. The highest BCUT2D eigenvalue weighted by molar-refractivity contribution is 5.82. The molecule has 0 aromatic heterocycles. The Morgan fingerprint density at radius 2 is 1.55 bits per heavy atom. The van der Waals surface area contributed by atoms with E-state index in [2.05, 4.69) is 0 Å². The normalized spacial score (nSPS) is 15.2. The van der Waals surface area contributed by atoms with Gasteiger partial charge in [-0.15, -0.1) is 0 Å². The number of rotatable bonds is 4. The molecule has 0 aliphatic rings. The van der Waals surface area contributed by atoms with E-state index in [1.165, 1.54) is 7.11 Å². The van der Waals surface area contributed by atoms with Crippen LogP contribution in [0.25, 0.3) is 0 Å². The van der Waals surface area contributed by atoms with Crippen molar-refractivity contribution in [3.05, 3.63) is 71.8 Å². The van der Waals surface area contributed by atoms with Gasteiger partial charge < -0.3 is 9.84 Å². The molecular formula is C17H18O3. The SMILES string of the molecule is COC(=O)[C@@](O)(c1ccccc1)[C@@H](C)c1ccccc1. The Balaban J connectivity index is 2.51. The maximum absolute atomic E-state index is 12.2. The molecule has 0 spiro atoms. The van der Waals surface area contributed by atoms with Crippen molar-refractivity contribution in [1.29, 1.82) is 0 Å². The molecule has 0 aliphatic carbocycles. The Bertz CT molecular complexity index is 565. The lowest BCUT2D eigenvalue weighted by Crippen LogP contribution is -2.41. The summed E-state index contributed by atoms with van der Waals surface area (Å²) < 4.78 is 4.82. The maximum atomic E-state index is 12.2. The van der Waals surface area contributed by atoms with Gasteiger partial charge >= 0.3 is 5.97 Å². The third-order valence-electron chi connectivity index (χ3n) is 3.64. The molecule has 0 saturated carbocycles. The molecular weight excluding hydrogens is 252 g/mol. The topological polar surface area (TPSA) is 46.5 Å². The van der Waals surface area contributed by atoms with Crippen LogP contribution in [0.4, 0.5) is 0 Å². The lowest BCUT2D eigenvalue weighted by molar-refractivity contribution is -0.166. The molecule has 3 nitrogen and oxygen atoms in total. The zero-order valence-electron chi connectivity index (χ0n) is 11.6. The first-order valence-corrected chi connectivity index (χ1v) is 6.52. The summed E-state index contributed by atoms with van der Waals surface area (Å²) in [6.07, 6.45) is 0. The van der Waals surface area contributed by atoms with E-state index in [0.717, 1.165) is 5.56 Å². The molecule has 0 amide bonds. The van der Waals surface area contributed by atoms with Crippen molar-refractivity contribution in [3.8, 4) is 0 Å². The average molecular weight is 270 g/mol. The highest BCUT2D eigenvalue weighted by Gasteiger charge is 2.45. The number of benzene rings is 2. The van der Waals surface area contributed by atoms with Crippen molar-refractivity contribution in [2.75, 3.05) is 7.11 Å². The molecule has 2 atom stereocenters. The molecule has 1 N–H and O–H groups in total. The first-order valence-electron chi connectivity index (χ1n) is 6.52. The van der Waals surface area contributed by atoms with E-state index in [1.807, 2.05) is 43.3 Å². The molecule has 3 heteroatoms. The third-order valence-corrected chi connectivity index (χ3v) is 3.64. The Morgan fingerprint density at radius 3 is 2.05 bits per heavy atom. The third kappa shape index (κ3) is 2.45. The van der Waals surface area contributed by atoms with Crippen molar-refractivity contribution >= 4 is 5.97 Å². The van der Waals surface area contributed by atoms with E-state index < -0.39 is 17.5 Å². The van der Waals surface area contributed by atoms with Crippen LogP contribution in [0, 0.1) is 0 Å². The molecule has 0 radical (unpaired) electrons. The fourth-order valence-corrected chi connectivity index (χ4v) is 2.38. The molecule has 20 heavy (non-hydrogen) atoms. The van der Waals surface area contributed by atoms with Crippen LogP contribution in [0.3, 0.4) is 0 Å². The first kappa shape index (κ1) is 14.3. The van der Waals surface area contributed by atoms with Gasteiger partial charge in [-0.25, -0.2) is 4.79 Å². The summed E-state index contributed by atoms with van der Waals surface area (Å²) >= 11 is 0. The number of aliphatic hydroxyl groups is 1. The van der Waals surface area contributed by atoms with Crippen molar-refractivity contribution in [2.45, 2.75) is 18.4 Å². The van der Waals surface area contributed by atoms with Gasteiger partial charge in [0.15, 0.2) is 5.60 Å². The van der Waals surface area contributed by atoms with Gasteiger partial charge in [0, 0.05) is 5.92 Å². The number of methoxy groups -OCH3 is 1. The van der Waals surface area contributed by atoms with Crippen LogP contribution >= 0.6 is 0 Å². The monoisotopic (exact) mass is 270 g/mol. The lowest BCUT2D eigenvalue weighted by Gasteiger charge is -2.32. The maximum Gasteiger partial charge on any atom is 0.343 e. The Labute approximate surface area is 118 Å². The summed E-state index contributed by atoms with van der Waals surface area (Å²) in [4.78, 5) is 12.2. The number of carbonyl (C=O) groups is 1. The number of ether oxygens (including phenoxy) is 1. The number of hydrogen-bond donors (Lipinski definition) is 1. The molecule has 0 bridgehead atoms. The van der Waals surface area contributed by atoms with Crippen LogP contribution in [0.2, 0.25) is 0 Å². The number of esters is 1. The molecule has 2 aromatic rings. The van der Waals surface area contributed by atoms with Crippen molar-refractivity contribution in [3.63, 3.8) is 0 Å². The van der Waals surface area contributed by atoms with Crippen LogP contribution in [-0.4, -0.2) is 18.2 Å². The second-order valence-corrected chi connectivity index (χ2v) is 4.76. The molecule has 2 rings (SSSR count). The van der Waals surface area contributed by atoms with E-state index in [-0.39, 0.29) is 0 Å². The van der Waals surface area contributed by atoms with Gasteiger partial charge in [-0.2, -0.15) is 0 Å². The van der Waals surface area contributed by atoms with Crippen LogP contribution in [0.5, 0.6) is 0 Å². The highest BCUT2D eigenvalue weighted by atomic mass is 16.5. The minimum Gasteiger partial charge on any atom is -0.467 e. The summed E-state index contributed by atoms with van der Waals surface area (Å²) in [6.45, 7) is 1.82. The fourth-order valence-electron chi connectivity index (χ4n) is 2.38. The molecule has 0 aliphatic heterocycles. The van der Waals surface area contributed by atoms with E-state index in [1.54, 1.807) is 24.3 Å². The van der Waals surface area contributed by atoms with Gasteiger partial charge in [-0.05, 0) is 11.1 Å². The molecule has 2 aromatic carbocycles. The summed E-state index contributed by atoms with van der Waals surface area (Å²) in [5.41, 5.74) is -0.287. The van der Waals surface area contributed by atoms with E-state index in [0.29, 0.717) is 5.56 Å². The summed E-state index contributed by atoms with van der Waals surface area (Å²) in [7, 11) is 1.29. The minimum atomic E-state index is -1.70. The predicted octanol–water partition coefficient (Wildman–Crippen LogP) is 2.85. The summed E-state index contributed by atoms with van der Waals surface area (Å²) in [5, 5.41) is 11.0. The second-order valence-electron chi connectivity index (χ2n) is 4.76. The van der Waals surface area contributed by atoms with Gasteiger partial charge in [0.1, 0.15) is 0 Å². The average Bonchev–Trinajstić information content (AvgIpc) is 2.54. The number of hydrogen-bond acceptors (Lipinski definition) is 3. The summed E-state index contributed by atoms with van der Waals surface area (Å²) in [5.74, 6) is -1.07. The van der Waals surface area contributed by atoms with Crippen LogP contribution in [-0.2, 0) is 15.1 Å². The van der Waals surface area contributed by atoms with Gasteiger partial charge in [0.05, 0.1) is 7.11 Å².